The van der Waals surface area contributed by atoms with E-state index in [1.54, 1.807) is 4.90 Å². The summed E-state index contributed by atoms with van der Waals surface area (Å²) in [6.07, 6.45) is -1.65. The van der Waals surface area contributed by atoms with Crippen LogP contribution in [-0.4, -0.2) is 73.8 Å². The van der Waals surface area contributed by atoms with Gasteiger partial charge in [-0.1, -0.05) is 30.3 Å². The number of nitriles is 1. The molecule has 1 atom stereocenters. The van der Waals surface area contributed by atoms with Gasteiger partial charge in [0.2, 0.25) is 5.82 Å². The van der Waals surface area contributed by atoms with Crippen molar-refractivity contribution in [3.05, 3.63) is 53.0 Å². The monoisotopic (exact) mass is 466 g/mol. The molecule has 34 heavy (non-hydrogen) atoms. The van der Waals surface area contributed by atoms with Crippen LogP contribution in [0.4, 0.5) is 15.4 Å². The maximum Gasteiger partial charge on any atom is 0.410 e. The highest BCUT2D eigenvalue weighted by atomic mass is 16.6. The Labute approximate surface area is 194 Å². The highest BCUT2D eigenvalue weighted by Gasteiger charge is 2.36. The zero-order chi connectivity index (χ0) is 24.2. The summed E-state index contributed by atoms with van der Waals surface area (Å²) < 4.78 is 5.43. The first-order chi connectivity index (χ1) is 16.4. The van der Waals surface area contributed by atoms with Crippen LogP contribution in [0, 0.1) is 11.3 Å². The van der Waals surface area contributed by atoms with Crippen LogP contribution in [0.15, 0.2) is 30.3 Å². The lowest BCUT2D eigenvalue weighted by atomic mass is 10.1. The number of amides is 2. The Morgan fingerprint density at radius 3 is 2.56 bits per heavy atom. The van der Waals surface area contributed by atoms with Crippen LogP contribution in [0.3, 0.4) is 0 Å². The molecule has 2 aliphatic heterocycles. The lowest BCUT2D eigenvalue weighted by Gasteiger charge is -2.40. The van der Waals surface area contributed by atoms with E-state index in [0.717, 1.165) is 10.5 Å². The number of aromatic nitrogens is 2. The number of carboxylic acid groups (broad SMARTS) is 2. The maximum absolute atomic E-state index is 12.7. The second-order valence-corrected chi connectivity index (χ2v) is 7.94. The Bertz CT molecular complexity index is 1150. The molecule has 12 heteroatoms. The number of ether oxygens (including phenoxy) is 1. The molecule has 2 aromatic rings. The largest absolute Gasteiger partial charge is 0.475 e. The van der Waals surface area contributed by atoms with Gasteiger partial charge in [0.1, 0.15) is 12.4 Å². The van der Waals surface area contributed by atoms with Gasteiger partial charge >= 0.3 is 18.2 Å². The van der Waals surface area contributed by atoms with Crippen LogP contribution in [0.25, 0.3) is 0 Å². The average Bonchev–Trinajstić information content (AvgIpc) is 3.27. The van der Waals surface area contributed by atoms with E-state index in [0.29, 0.717) is 23.6 Å². The number of hydrogen-bond acceptors (Lipinski definition) is 8. The summed E-state index contributed by atoms with van der Waals surface area (Å²) in [6, 6.07) is 10.8. The number of carbonyl (C=O) groups is 3. The summed E-state index contributed by atoms with van der Waals surface area (Å²) in [5, 5.41) is 28.1. The van der Waals surface area contributed by atoms with Gasteiger partial charge < -0.3 is 24.7 Å². The highest BCUT2D eigenvalue weighted by Crippen LogP contribution is 2.31. The second-order valence-electron chi connectivity index (χ2n) is 7.94. The van der Waals surface area contributed by atoms with E-state index in [1.807, 2.05) is 30.3 Å². The van der Waals surface area contributed by atoms with Crippen LogP contribution < -0.4 is 4.90 Å². The third-order valence-corrected chi connectivity index (χ3v) is 5.77. The highest BCUT2D eigenvalue weighted by molar-refractivity contribution is 5.84. The first-order valence-corrected chi connectivity index (χ1v) is 10.6. The maximum atomic E-state index is 12.7. The molecule has 1 fully saturated rings. The van der Waals surface area contributed by atoms with Crippen LogP contribution in [-0.2, 0) is 24.4 Å². The minimum atomic E-state index is -1.32. The zero-order valence-corrected chi connectivity index (χ0v) is 18.1. The number of carbonyl (C=O) groups excluding carboxylic acids is 1. The van der Waals surface area contributed by atoms with Gasteiger partial charge in [-0.2, -0.15) is 5.26 Å². The van der Waals surface area contributed by atoms with E-state index in [2.05, 4.69) is 16.0 Å². The Kier molecular flexibility index (Phi) is 6.44. The topological polar surface area (TPSA) is 160 Å². The fourth-order valence-electron chi connectivity index (χ4n) is 4.10. The van der Waals surface area contributed by atoms with Gasteiger partial charge in [-0.25, -0.2) is 24.4 Å². The van der Waals surface area contributed by atoms with E-state index in [9.17, 15) is 29.9 Å². The molecule has 0 saturated carbocycles. The number of rotatable bonds is 5. The zero-order valence-electron chi connectivity index (χ0n) is 18.1. The van der Waals surface area contributed by atoms with Gasteiger partial charge in [0.15, 0.2) is 0 Å². The van der Waals surface area contributed by atoms with Gasteiger partial charge in [-0.3, -0.25) is 4.90 Å². The lowest BCUT2D eigenvalue weighted by Crippen LogP contribution is -2.55. The van der Waals surface area contributed by atoms with Crippen molar-refractivity contribution in [1.82, 2.24) is 19.8 Å². The fourth-order valence-corrected chi connectivity index (χ4v) is 4.10. The third kappa shape index (κ3) is 4.68. The molecule has 4 rings (SSSR count). The molecular weight excluding hydrogens is 444 g/mol. The van der Waals surface area contributed by atoms with Gasteiger partial charge in [-0.15, -0.1) is 0 Å². The van der Waals surface area contributed by atoms with Crippen molar-refractivity contribution >= 4 is 24.0 Å². The van der Waals surface area contributed by atoms with Crippen molar-refractivity contribution in [2.45, 2.75) is 32.2 Å². The van der Waals surface area contributed by atoms with Crippen molar-refractivity contribution in [3.8, 4) is 6.07 Å². The molecule has 2 aliphatic rings. The predicted molar refractivity (Wildman–Crippen MR) is 116 cm³/mol. The van der Waals surface area contributed by atoms with Gasteiger partial charge in [0.05, 0.1) is 37.3 Å². The van der Waals surface area contributed by atoms with Crippen molar-refractivity contribution in [2.75, 3.05) is 24.5 Å². The molecule has 0 unspecified atom stereocenters. The summed E-state index contributed by atoms with van der Waals surface area (Å²) in [7, 11) is 0. The standard InChI is InChI=1S/C22H22N6O6/c23-7-6-15-10-26(8-9-28(15)22(33)34-13-14-4-2-1-3-5-14)19-16-11-27(21(31)32)12-17(16)24-18(25-19)20(29)30/h1-5,15H,6,8-13H2,(H,29,30)(H,31,32)/t15-/m0/s1. The molecule has 1 saturated heterocycles. The minimum Gasteiger partial charge on any atom is -0.475 e. The number of piperazine rings is 1. The van der Waals surface area contributed by atoms with Crippen molar-refractivity contribution in [3.63, 3.8) is 0 Å². The number of benzene rings is 1. The first-order valence-electron chi connectivity index (χ1n) is 10.6. The van der Waals surface area contributed by atoms with Gasteiger partial charge in [0.25, 0.3) is 0 Å². The SMILES string of the molecule is N#CC[C@H]1CN(c2nc(C(=O)O)nc3c2CN(C(=O)O)C3)CCN1C(=O)OCc1ccccc1. The summed E-state index contributed by atoms with van der Waals surface area (Å²) in [4.78, 5) is 48.3. The molecule has 1 aromatic carbocycles. The summed E-state index contributed by atoms with van der Waals surface area (Å²) in [5.41, 5.74) is 1.71. The fraction of sp³-hybridized carbons (Fsp3) is 0.364. The molecule has 0 radical (unpaired) electrons. The van der Waals surface area contributed by atoms with Crippen molar-refractivity contribution < 1.29 is 29.3 Å². The van der Waals surface area contributed by atoms with E-state index in [-0.39, 0.29) is 39.2 Å². The number of anilines is 1. The normalized spacial score (nSPS) is 17.1. The summed E-state index contributed by atoms with van der Waals surface area (Å²) >= 11 is 0. The van der Waals surface area contributed by atoms with Gasteiger partial charge in [0, 0.05) is 25.2 Å². The molecular formula is C22H22N6O6. The number of fused-ring (bicyclic) bond motifs is 1. The van der Waals surface area contributed by atoms with E-state index < -0.39 is 30.0 Å². The van der Waals surface area contributed by atoms with Crippen molar-refractivity contribution in [1.29, 1.82) is 5.26 Å². The molecule has 1 aromatic heterocycles. The molecule has 176 valence electrons. The molecule has 0 bridgehead atoms. The molecule has 2 N–H and O–H groups in total. The molecule has 2 amide bonds. The number of aromatic carboxylic acids is 1. The minimum absolute atomic E-state index is 0.0299. The van der Waals surface area contributed by atoms with Crippen LogP contribution in [0.2, 0.25) is 0 Å². The number of nitrogens with zero attached hydrogens (tertiary/aromatic N) is 6. The Morgan fingerprint density at radius 2 is 1.88 bits per heavy atom. The second kappa shape index (κ2) is 9.62. The van der Waals surface area contributed by atoms with Crippen LogP contribution in [0.1, 0.15) is 33.9 Å². The molecule has 3 heterocycles. The van der Waals surface area contributed by atoms with Gasteiger partial charge in [-0.05, 0) is 5.56 Å². The Balaban J connectivity index is 1.54. The smallest absolute Gasteiger partial charge is 0.410 e. The predicted octanol–water partition coefficient (Wildman–Crippen LogP) is 1.91. The quantitative estimate of drug-likeness (QED) is 0.666. The van der Waals surface area contributed by atoms with Crippen molar-refractivity contribution in [2.24, 2.45) is 0 Å². The Hall–Kier alpha value is -4.40. The van der Waals surface area contributed by atoms with E-state index >= 15 is 0 Å². The number of carboxylic acids is 1. The molecule has 12 nitrogen and oxygen atoms in total. The van der Waals surface area contributed by atoms with Crippen LogP contribution >= 0.6 is 0 Å². The summed E-state index contributed by atoms with van der Waals surface area (Å²) in [5.74, 6) is -1.44. The molecule has 0 spiro atoms. The lowest BCUT2D eigenvalue weighted by molar-refractivity contribution is 0.0683. The average molecular weight is 466 g/mol. The first kappa shape index (κ1) is 22.8. The Morgan fingerprint density at radius 1 is 1.12 bits per heavy atom. The summed E-state index contributed by atoms with van der Waals surface area (Å²) in [6.45, 7) is 0.840. The van der Waals surface area contributed by atoms with E-state index in [4.69, 9.17) is 4.74 Å². The van der Waals surface area contributed by atoms with E-state index in [1.165, 1.54) is 4.90 Å². The molecule has 0 aliphatic carbocycles. The number of hydrogen-bond donors (Lipinski definition) is 2. The van der Waals surface area contributed by atoms with Crippen LogP contribution in [0.5, 0.6) is 0 Å². The third-order valence-electron chi connectivity index (χ3n) is 5.77.